The summed E-state index contributed by atoms with van der Waals surface area (Å²) in [6.45, 7) is 6.56. The molecule has 1 amide bonds. The second kappa shape index (κ2) is 10.1. The number of esters is 1. The van der Waals surface area contributed by atoms with Crippen molar-refractivity contribution in [1.82, 2.24) is 0 Å². The van der Waals surface area contributed by atoms with Crippen molar-refractivity contribution in [3.05, 3.63) is 70.6 Å². The van der Waals surface area contributed by atoms with Gasteiger partial charge in [0.15, 0.2) is 0 Å². The Morgan fingerprint density at radius 1 is 0.967 bits per heavy atom. The quantitative estimate of drug-likeness (QED) is 0.487. The van der Waals surface area contributed by atoms with E-state index in [4.69, 9.17) is 9.47 Å². The summed E-state index contributed by atoms with van der Waals surface area (Å²) in [5, 5.41) is 5.27. The Hall–Kier alpha value is -3.12. The molecule has 0 saturated carbocycles. The van der Waals surface area contributed by atoms with Gasteiger partial charge in [0.2, 0.25) is 5.91 Å². The zero-order valence-corrected chi connectivity index (χ0v) is 18.2. The van der Waals surface area contributed by atoms with Crippen LogP contribution in [0.1, 0.15) is 35.3 Å². The van der Waals surface area contributed by atoms with Crippen molar-refractivity contribution in [3.63, 3.8) is 0 Å². The highest BCUT2D eigenvalue weighted by molar-refractivity contribution is 7.15. The lowest BCUT2D eigenvalue weighted by atomic mass is 10.0. The molecule has 1 aromatic heterocycles. The van der Waals surface area contributed by atoms with Crippen LogP contribution in [0.2, 0.25) is 0 Å². The fourth-order valence-electron chi connectivity index (χ4n) is 3.03. The lowest BCUT2D eigenvalue weighted by Crippen LogP contribution is -2.16. The average molecular weight is 424 g/mol. The van der Waals surface area contributed by atoms with Gasteiger partial charge in [0.1, 0.15) is 16.3 Å². The maximum atomic E-state index is 12.6. The number of carbonyl (C=O) groups excluding carboxylic acids is 2. The van der Waals surface area contributed by atoms with Gasteiger partial charge in [-0.3, -0.25) is 4.79 Å². The van der Waals surface area contributed by atoms with E-state index in [-0.39, 0.29) is 18.9 Å². The minimum atomic E-state index is -0.439. The van der Waals surface area contributed by atoms with Crippen molar-refractivity contribution in [1.29, 1.82) is 0 Å². The Bertz CT molecular complexity index is 1010. The van der Waals surface area contributed by atoms with Crippen LogP contribution in [0.15, 0.2) is 53.9 Å². The fraction of sp³-hybridized carbons (Fsp3) is 0.250. The van der Waals surface area contributed by atoms with Crippen LogP contribution in [0.5, 0.6) is 5.75 Å². The molecule has 0 unspecified atom stereocenters. The molecule has 0 aliphatic carbocycles. The van der Waals surface area contributed by atoms with E-state index in [1.165, 1.54) is 11.3 Å². The van der Waals surface area contributed by atoms with E-state index >= 15 is 0 Å². The molecule has 0 spiro atoms. The van der Waals surface area contributed by atoms with Crippen molar-refractivity contribution in [2.75, 3.05) is 18.5 Å². The van der Waals surface area contributed by atoms with Crippen LogP contribution < -0.4 is 10.1 Å². The molecular formula is C24H25NO4S. The van der Waals surface area contributed by atoms with Crippen LogP contribution in [0.3, 0.4) is 0 Å². The van der Waals surface area contributed by atoms with Gasteiger partial charge >= 0.3 is 5.97 Å². The maximum Gasteiger partial charge on any atom is 0.341 e. The SMILES string of the molecule is CCOC(=O)c1c(-c2ccc(C)cc2)csc1NC(=O)Cc1ccc(OCC)cc1. The molecule has 0 bridgehead atoms. The molecule has 30 heavy (non-hydrogen) atoms. The van der Waals surface area contributed by atoms with E-state index in [9.17, 15) is 9.59 Å². The summed E-state index contributed by atoms with van der Waals surface area (Å²) in [4.78, 5) is 25.3. The first-order chi connectivity index (χ1) is 14.5. The smallest absolute Gasteiger partial charge is 0.341 e. The Kier molecular flexibility index (Phi) is 7.25. The molecular weight excluding hydrogens is 398 g/mol. The first kappa shape index (κ1) is 21.6. The molecule has 0 radical (unpaired) electrons. The number of aryl methyl sites for hydroxylation is 1. The molecule has 3 aromatic rings. The van der Waals surface area contributed by atoms with Gasteiger partial charge in [-0.15, -0.1) is 11.3 Å². The molecule has 5 nitrogen and oxygen atoms in total. The Morgan fingerprint density at radius 3 is 2.30 bits per heavy atom. The average Bonchev–Trinajstić information content (AvgIpc) is 3.14. The minimum Gasteiger partial charge on any atom is -0.494 e. The lowest BCUT2D eigenvalue weighted by molar-refractivity contribution is -0.115. The molecule has 0 fully saturated rings. The number of ether oxygens (including phenoxy) is 2. The van der Waals surface area contributed by atoms with Crippen molar-refractivity contribution < 1.29 is 19.1 Å². The molecule has 2 aromatic carbocycles. The van der Waals surface area contributed by atoms with Gasteiger partial charge in [-0.2, -0.15) is 0 Å². The number of nitrogens with one attached hydrogen (secondary N) is 1. The van der Waals surface area contributed by atoms with E-state index in [0.717, 1.165) is 28.0 Å². The van der Waals surface area contributed by atoms with Gasteiger partial charge in [0.25, 0.3) is 0 Å². The molecule has 0 aliphatic heterocycles. The summed E-state index contributed by atoms with van der Waals surface area (Å²) in [7, 11) is 0. The Morgan fingerprint density at radius 2 is 1.67 bits per heavy atom. The maximum absolute atomic E-state index is 12.6. The highest BCUT2D eigenvalue weighted by Gasteiger charge is 2.22. The first-order valence-corrected chi connectivity index (χ1v) is 10.8. The number of hydrogen-bond donors (Lipinski definition) is 1. The number of rotatable bonds is 8. The predicted octanol–water partition coefficient (Wildman–Crippen LogP) is 5.48. The van der Waals surface area contributed by atoms with E-state index in [0.29, 0.717) is 17.2 Å². The third kappa shape index (κ3) is 5.27. The van der Waals surface area contributed by atoms with Gasteiger partial charge in [0, 0.05) is 10.9 Å². The van der Waals surface area contributed by atoms with E-state index in [2.05, 4.69) is 5.32 Å². The summed E-state index contributed by atoms with van der Waals surface area (Å²) in [5.41, 5.74) is 4.06. The predicted molar refractivity (Wildman–Crippen MR) is 120 cm³/mol. The van der Waals surface area contributed by atoms with Crippen molar-refractivity contribution >= 4 is 28.2 Å². The number of carbonyl (C=O) groups is 2. The minimum absolute atomic E-state index is 0.193. The second-order valence-electron chi connectivity index (χ2n) is 6.74. The van der Waals surface area contributed by atoms with Gasteiger partial charge in [-0.25, -0.2) is 4.79 Å². The van der Waals surface area contributed by atoms with E-state index < -0.39 is 5.97 Å². The molecule has 3 rings (SSSR count). The standard InChI is InChI=1S/C24H25NO4S/c1-4-28-19-12-8-17(9-13-19)14-21(26)25-23-22(24(27)29-5-2)20(15-30-23)18-10-6-16(3)7-11-18/h6-13,15H,4-5,14H2,1-3H3,(H,25,26). The summed E-state index contributed by atoms with van der Waals surface area (Å²) >= 11 is 1.32. The monoisotopic (exact) mass is 423 g/mol. The number of anilines is 1. The Labute approximate surface area is 180 Å². The van der Waals surface area contributed by atoms with E-state index in [1.54, 1.807) is 6.92 Å². The second-order valence-corrected chi connectivity index (χ2v) is 7.62. The lowest BCUT2D eigenvalue weighted by Gasteiger charge is -2.09. The first-order valence-electron chi connectivity index (χ1n) is 9.89. The van der Waals surface area contributed by atoms with Gasteiger partial charge < -0.3 is 14.8 Å². The Balaban J connectivity index is 1.81. The third-order valence-corrected chi connectivity index (χ3v) is 5.38. The van der Waals surface area contributed by atoms with Crippen LogP contribution in [0, 0.1) is 6.92 Å². The largest absolute Gasteiger partial charge is 0.494 e. The van der Waals surface area contributed by atoms with Crippen molar-refractivity contribution in [2.24, 2.45) is 0 Å². The molecule has 1 N–H and O–H groups in total. The van der Waals surface area contributed by atoms with Crippen LogP contribution >= 0.6 is 11.3 Å². The zero-order valence-electron chi connectivity index (χ0n) is 17.4. The van der Waals surface area contributed by atoms with Crippen molar-refractivity contribution in [3.8, 4) is 16.9 Å². The van der Waals surface area contributed by atoms with Crippen LogP contribution in [-0.2, 0) is 16.0 Å². The number of amides is 1. The number of benzene rings is 2. The summed E-state index contributed by atoms with van der Waals surface area (Å²) in [6, 6.07) is 15.3. The molecule has 156 valence electrons. The van der Waals surface area contributed by atoms with Crippen LogP contribution in [0.25, 0.3) is 11.1 Å². The summed E-state index contributed by atoms with van der Waals surface area (Å²) < 4.78 is 10.7. The van der Waals surface area contributed by atoms with Gasteiger partial charge in [-0.1, -0.05) is 42.0 Å². The molecule has 0 aliphatic rings. The number of thiophene rings is 1. The van der Waals surface area contributed by atoms with Crippen LogP contribution in [-0.4, -0.2) is 25.1 Å². The molecule has 1 heterocycles. The van der Waals surface area contributed by atoms with E-state index in [1.807, 2.05) is 67.8 Å². The summed E-state index contributed by atoms with van der Waals surface area (Å²) in [5.74, 6) is 0.139. The van der Waals surface area contributed by atoms with Gasteiger partial charge in [-0.05, 0) is 44.0 Å². The van der Waals surface area contributed by atoms with Crippen LogP contribution in [0.4, 0.5) is 5.00 Å². The topological polar surface area (TPSA) is 64.6 Å². The zero-order chi connectivity index (χ0) is 21.5. The highest BCUT2D eigenvalue weighted by Crippen LogP contribution is 2.36. The van der Waals surface area contributed by atoms with Gasteiger partial charge in [0.05, 0.1) is 19.6 Å². The third-order valence-electron chi connectivity index (χ3n) is 4.49. The highest BCUT2D eigenvalue weighted by atomic mass is 32.1. The molecule has 0 atom stereocenters. The fourth-order valence-corrected chi connectivity index (χ4v) is 4.00. The molecule has 0 saturated heterocycles. The normalized spacial score (nSPS) is 10.5. The molecule has 6 heteroatoms. The van der Waals surface area contributed by atoms with Crippen molar-refractivity contribution in [2.45, 2.75) is 27.2 Å². The number of hydrogen-bond acceptors (Lipinski definition) is 5. The summed E-state index contributed by atoms with van der Waals surface area (Å²) in [6.07, 6.45) is 0.201.